The summed E-state index contributed by atoms with van der Waals surface area (Å²) in [6.07, 6.45) is -0.746. The van der Waals surface area contributed by atoms with Crippen molar-refractivity contribution in [1.29, 1.82) is 0 Å². The minimum absolute atomic E-state index is 0.0207. The normalized spacial score (nSPS) is 25.1. The third-order valence-corrected chi connectivity index (χ3v) is 3.90. The highest BCUT2D eigenvalue weighted by molar-refractivity contribution is 7.13. The molecule has 1 heterocycles. The number of alkyl halides is 3. The first kappa shape index (κ1) is 13.5. The third-order valence-electron chi connectivity index (χ3n) is 3.04. The minimum atomic E-state index is -4.46. The Morgan fingerprint density at radius 1 is 1.28 bits per heavy atom. The van der Waals surface area contributed by atoms with Gasteiger partial charge in [0.05, 0.1) is 0 Å². The predicted octanol–water partition coefficient (Wildman–Crippen LogP) is 2.45. The quantitative estimate of drug-likeness (QED) is 0.924. The van der Waals surface area contributed by atoms with Crippen LogP contribution in [0.15, 0.2) is 0 Å². The SMILES string of the molecule is NCC1CCCCC1Oc1nnc(C(F)(F)F)s1. The van der Waals surface area contributed by atoms with Crippen LogP contribution in [0.5, 0.6) is 5.19 Å². The van der Waals surface area contributed by atoms with Crippen molar-refractivity contribution < 1.29 is 17.9 Å². The van der Waals surface area contributed by atoms with Gasteiger partial charge in [-0.2, -0.15) is 13.2 Å². The summed E-state index contributed by atoms with van der Waals surface area (Å²) in [6, 6.07) is 0. The van der Waals surface area contributed by atoms with Crippen molar-refractivity contribution in [3.05, 3.63) is 5.01 Å². The van der Waals surface area contributed by atoms with E-state index in [0.717, 1.165) is 25.7 Å². The second kappa shape index (κ2) is 5.40. The Morgan fingerprint density at radius 2 is 2.00 bits per heavy atom. The van der Waals surface area contributed by atoms with Gasteiger partial charge in [0.2, 0.25) is 5.01 Å². The van der Waals surface area contributed by atoms with Crippen molar-refractivity contribution in [2.45, 2.75) is 38.0 Å². The number of halogens is 3. The number of ether oxygens (including phenoxy) is 1. The van der Waals surface area contributed by atoms with Crippen LogP contribution < -0.4 is 10.5 Å². The van der Waals surface area contributed by atoms with Gasteiger partial charge in [-0.3, -0.25) is 0 Å². The van der Waals surface area contributed by atoms with Crippen LogP contribution in [0, 0.1) is 5.92 Å². The Hall–Kier alpha value is -0.890. The minimum Gasteiger partial charge on any atom is -0.465 e. The molecule has 0 aliphatic heterocycles. The number of hydrogen-bond donors (Lipinski definition) is 1. The molecule has 0 bridgehead atoms. The molecule has 1 aliphatic rings. The fraction of sp³-hybridized carbons (Fsp3) is 0.800. The van der Waals surface area contributed by atoms with Gasteiger partial charge in [-0.15, -0.1) is 5.10 Å². The average Bonchev–Trinajstić information content (AvgIpc) is 2.78. The van der Waals surface area contributed by atoms with E-state index in [0.29, 0.717) is 17.9 Å². The van der Waals surface area contributed by atoms with E-state index in [-0.39, 0.29) is 17.2 Å². The smallest absolute Gasteiger partial charge is 0.445 e. The number of nitrogens with two attached hydrogens (primary N) is 1. The van der Waals surface area contributed by atoms with Crippen LogP contribution in [-0.2, 0) is 6.18 Å². The van der Waals surface area contributed by atoms with Crippen LogP contribution in [0.1, 0.15) is 30.7 Å². The highest BCUT2D eigenvalue weighted by Crippen LogP contribution is 2.35. The van der Waals surface area contributed by atoms with Gasteiger partial charge in [0.15, 0.2) is 0 Å². The molecule has 2 N–H and O–H groups in total. The van der Waals surface area contributed by atoms with E-state index >= 15 is 0 Å². The zero-order valence-corrected chi connectivity index (χ0v) is 10.4. The zero-order valence-electron chi connectivity index (χ0n) is 9.61. The largest absolute Gasteiger partial charge is 0.465 e. The maximum atomic E-state index is 12.4. The lowest BCUT2D eigenvalue weighted by Crippen LogP contribution is -2.35. The first-order valence-corrected chi connectivity index (χ1v) is 6.60. The molecule has 18 heavy (non-hydrogen) atoms. The van der Waals surface area contributed by atoms with E-state index in [1.54, 1.807) is 0 Å². The fourth-order valence-corrected chi connectivity index (χ4v) is 2.72. The molecule has 2 unspecified atom stereocenters. The molecule has 1 aliphatic carbocycles. The maximum Gasteiger partial charge on any atom is 0.445 e. The standard InChI is InChI=1S/C10H14F3N3OS/c11-10(12,13)8-15-16-9(18-8)17-7-4-2-1-3-6(7)5-14/h6-7H,1-5,14H2. The van der Waals surface area contributed by atoms with Crippen molar-refractivity contribution in [3.8, 4) is 5.19 Å². The molecule has 1 saturated carbocycles. The number of hydrogen-bond acceptors (Lipinski definition) is 5. The van der Waals surface area contributed by atoms with Crippen LogP contribution in [0.3, 0.4) is 0 Å². The molecule has 0 radical (unpaired) electrons. The lowest BCUT2D eigenvalue weighted by Gasteiger charge is -2.29. The van der Waals surface area contributed by atoms with Gasteiger partial charge < -0.3 is 10.5 Å². The van der Waals surface area contributed by atoms with Crippen LogP contribution >= 0.6 is 11.3 Å². The van der Waals surface area contributed by atoms with Gasteiger partial charge >= 0.3 is 6.18 Å². The van der Waals surface area contributed by atoms with E-state index in [1.165, 1.54) is 0 Å². The summed E-state index contributed by atoms with van der Waals surface area (Å²) in [4.78, 5) is 0. The molecular weight excluding hydrogens is 267 g/mol. The van der Waals surface area contributed by atoms with Crippen molar-refractivity contribution >= 4 is 11.3 Å². The number of aromatic nitrogens is 2. The van der Waals surface area contributed by atoms with Crippen LogP contribution in [0.2, 0.25) is 0 Å². The Balaban J connectivity index is 2.02. The van der Waals surface area contributed by atoms with Gasteiger partial charge in [-0.1, -0.05) is 22.9 Å². The van der Waals surface area contributed by atoms with Crippen LogP contribution in [-0.4, -0.2) is 22.8 Å². The molecule has 1 fully saturated rings. The first-order chi connectivity index (χ1) is 8.50. The van der Waals surface area contributed by atoms with Gasteiger partial charge in [0.1, 0.15) is 6.10 Å². The summed E-state index contributed by atoms with van der Waals surface area (Å²) in [7, 11) is 0. The fourth-order valence-electron chi connectivity index (χ4n) is 2.10. The Morgan fingerprint density at radius 3 is 2.61 bits per heavy atom. The lowest BCUT2D eigenvalue weighted by molar-refractivity contribution is -0.138. The molecule has 0 aromatic carbocycles. The number of nitrogens with zero attached hydrogens (tertiary/aromatic N) is 2. The van der Waals surface area contributed by atoms with Crippen LogP contribution in [0.4, 0.5) is 13.2 Å². The molecule has 2 rings (SSSR count). The van der Waals surface area contributed by atoms with E-state index in [2.05, 4.69) is 10.2 Å². The Bertz CT molecular complexity index is 396. The molecular formula is C10H14F3N3OS. The maximum absolute atomic E-state index is 12.4. The third kappa shape index (κ3) is 3.11. The summed E-state index contributed by atoms with van der Waals surface area (Å²) in [6.45, 7) is 0.482. The molecule has 1 aromatic rings. The number of rotatable bonds is 3. The molecule has 2 atom stereocenters. The topological polar surface area (TPSA) is 61.0 Å². The van der Waals surface area contributed by atoms with Gasteiger partial charge in [-0.25, -0.2) is 0 Å². The molecule has 1 aromatic heterocycles. The highest BCUT2D eigenvalue weighted by atomic mass is 32.1. The summed E-state index contributed by atoms with van der Waals surface area (Å²) >= 11 is 0.436. The Kier molecular flexibility index (Phi) is 4.06. The highest BCUT2D eigenvalue weighted by Gasteiger charge is 2.36. The lowest BCUT2D eigenvalue weighted by atomic mass is 9.86. The van der Waals surface area contributed by atoms with Gasteiger partial charge in [-0.05, 0) is 25.8 Å². The van der Waals surface area contributed by atoms with E-state index in [9.17, 15) is 13.2 Å². The summed E-state index contributed by atoms with van der Waals surface area (Å²) in [5.41, 5.74) is 5.63. The first-order valence-electron chi connectivity index (χ1n) is 5.78. The van der Waals surface area contributed by atoms with Crippen LogP contribution in [0.25, 0.3) is 0 Å². The van der Waals surface area contributed by atoms with Crippen molar-refractivity contribution in [3.63, 3.8) is 0 Å². The molecule has 102 valence electrons. The second-order valence-electron chi connectivity index (χ2n) is 4.31. The van der Waals surface area contributed by atoms with Crippen molar-refractivity contribution in [2.24, 2.45) is 11.7 Å². The van der Waals surface area contributed by atoms with Gasteiger partial charge in [0, 0.05) is 5.92 Å². The van der Waals surface area contributed by atoms with E-state index in [1.807, 2.05) is 0 Å². The Labute approximate surface area is 106 Å². The monoisotopic (exact) mass is 281 g/mol. The summed E-state index contributed by atoms with van der Waals surface area (Å²) in [5.74, 6) is 0.192. The van der Waals surface area contributed by atoms with Crippen molar-refractivity contribution in [2.75, 3.05) is 6.54 Å². The van der Waals surface area contributed by atoms with E-state index < -0.39 is 11.2 Å². The average molecular weight is 281 g/mol. The van der Waals surface area contributed by atoms with E-state index in [4.69, 9.17) is 10.5 Å². The zero-order chi connectivity index (χ0) is 13.2. The molecule has 0 spiro atoms. The second-order valence-corrected chi connectivity index (χ2v) is 5.25. The van der Waals surface area contributed by atoms with Crippen molar-refractivity contribution in [1.82, 2.24) is 10.2 Å². The molecule has 0 saturated heterocycles. The summed E-state index contributed by atoms with van der Waals surface area (Å²) < 4.78 is 42.6. The predicted molar refractivity (Wildman–Crippen MR) is 60.3 cm³/mol. The van der Waals surface area contributed by atoms with Gasteiger partial charge in [0.25, 0.3) is 5.19 Å². The summed E-state index contributed by atoms with van der Waals surface area (Å²) in [5, 5.41) is 5.53. The molecule has 4 nitrogen and oxygen atoms in total. The molecule has 0 amide bonds. The molecule has 8 heteroatoms.